The predicted molar refractivity (Wildman–Crippen MR) is 97.2 cm³/mol. The number of halogens is 1. The molecule has 1 aliphatic heterocycles. The summed E-state index contributed by atoms with van der Waals surface area (Å²) in [6.45, 7) is 0.732. The predicted octanol–water partition coefficient (Wildman–Crippen LogP) is 2.60. The molecule has 0 radical (unpaired) electrons. The third kappa shape index (κ3) is 4.11. The van der Waals surface area contributed by atoms with Gasteiger partial charge in [-0.15, -0.1) is 0 Å². The lowest BCUT2D eigenvalue weighted by atomic mass is 10.1. The van der Waals surface area contributed by atoms with E-state index in [1.54, 1.807) is 30.6 Å². The summed E-state index contributed by atoms with van der Waals surface area (Å²) in [6.07, 6.45) is 4.78. The Morgan fingerprint density at radius 3 is 2.84 bits per heavy atom. The summed E-state index contributed by atoms with van der Waals surface area (Å²) in [7, 11) is -3.34. The minimum atomic E-state index is -3.34. The summed E-state index contributed by atoms with van der Waals surface area (Å²) in [5, 5.41) is 3.06. The fourth-order valence-electron chi connectivity index (χ4n) is 2.70. The zero-order valence-corrected chi connectivity index (χ0v) is 15.1. The maximum absolute atomic E-state index is 12.5. The van der Waals surface area contributed by atoms with Crippen molar-refractivity contribution in [3.05, 3.63) is 58.9 Å². The van der Waals surface area contributed by atoms with Gasteiger partial charge in [-0.2, -0.15) is 0 Å². The molecule has 0 aliphatic carbocycles. The van der Waals surface area contributed by atoms with Gasteiger partial charge in [-0.3, -0.25) is 14.1 Å². The smallest absolute Gasteiger partial charge is 0.253 e. The number of aromatic nitrogens is 1. The fourth-order valence-corrected chi connectivity index (χ4v) is 4.54. The fraction of sp³-hybridized carbons (Fsp3) is 0.294. The molecule has 1 aromatic carbocycles. The van der Waals surface area contributed by atoms with Crippen molar-refractivity contribution in [2.75, 3.05) is 16.6 Å². The molecule has 6 nitrogen and oxygen atoms in total. The van der Waals surface area contributed by atoms with E-state index in [4.69, 9.17) is 11.6 Å². The van der Waals surface area contributed by atoms with Gasteiger partial charge in [0.25, 0.3) is 5.91 Å². The zero-order valence-electron chi connectivity index (χ0n) is 13.5. The van der Waals surface area contributed by atoms with Gasteiger partial charge in [-0.25, -0.2) is 8.42 Å². The van der Waals surface area contributed by atoms with Crippen molar-refractivity contribution in [1.82, 2.24) is 10.3 Å². The van der Waals surface area contributed by atoms with Crippen molar-refractivity contribution in [2.24, 2.45) is 0 Å². The molecular weight excluding hydrogens is 362 g/mol. The molecule has 1 amide bonds. The highest BCUT2D eigenvalue weighted by atomic mass is 35.5. The first-order valence-corrected chi connectivity index (χ1v) is 9.93. The number of anilines is 1. The summed E-state index contributed by atoms with van der Waals surface area (Å²) in [5.74, 6) is -0.233. The van der Waals surface area contributed by atoms with Crippen LogP contribution in [0.5, 0.6) is 0 Å². The van der Waals surface area contributed by atoms with Crippen LogP contribution < -0.4 is 9.62 Å². The lowest BCUT2D eigenvalue weighted by molar-refractivity contribution is 0.0951. The topological polar surface area (TPSA) is 79.4 Å². The molecule has 0 bridgehead atoms. The highest BCUT2D eigenvalue weighted by Gasteiger charge is 2.27. The molecule has 25 heavy (non-hydrogen) atoms. The number of sulfonamides is 1. The first kappa shape index (κ1) is 17.7. The Kier molecular flexibility index (Phi) is 5.24. The van der Waals surface area contributed by atoms with Crippen molar-refractivity contribution < 1.29 is 13.2 Å². The average molecular weight is 380 g/mol. The van der Waals surface area contributed by atoms with Crippen LogP contribution in [0, 0.1) is 0 Å². The molecule has 2 aromatic rings. The Morgan fingerprint density at radius 2 is 2.12 bits per heavy atom. The second-order valence-electron chi connectivity index (χ2n) is 5.80. The Balaban J connectivity index is 1.80. The number of rotatable bonds is 4. The number of carbonyl (C=O) groups is 1. The van der Waals surface area contributed by atoms with E-state index in [0.29, 0.717) is 25.2 Å². The van der Waals surface area contributed by atoms with Crippen LogP contribution in [0.25, 0.3) is 0 Å². The Labute approximate surface area is 151 Å². The lowest BCUT2D eigenvalue weighted by Crippen LogP contribution is -2.38. The number of nitrogens with zero attached hydrogens (tertiary/aromatic N) is 2. The molecule has 3 rings (SSSR count). The number of amides is 1. The van der Waals surface area contributed by atoms with Crippen molar-refractivity contribution >= 4 is 33.2 Å². The Hall–Kier alpha value is -2.12. The SMILES string of the molecule is O=C(NCc1cccnc1)c1cc(N2CCCCS2(=O)=O)ccc1Cl. The van der Waals surface area contributed by atoms with Crippen molar-refractivity contribution in [3.8, 4) is 0 Å². The van der Waals surface area contributed by atoms with Gasteiger partial charge < -0.3 is 5.32 Å². The maximum atomic E-state index is 12.5. The van der Waals surface area contributed by atoms with E-state index in [2.05, 4.69) is 10.3 Å². The summed E-state index contributed by atoms with van der Waals surface area (Å²) < 4.78 is 25.8. The van der Waals surface area contributed by atoms with Crippen LogP contribution in [0.15, 0.2) is 42.7 Å². The minimum Gasteiger partial charge on any atom is -0.348 e. The number of benzene rings is 1. The Morgan fingerprint density at radius 1 is 1.28 bits per heavy atom. The number of pyridine rings is 1. The molecule has 8 heteroatoms. The van der Waals surface area contributed by atoms with Gasteiger partial charge in [-0.1, -0.05) is 17.7 Å². The minimum absolute atomic E-state index is 0.123. The van der Waals surface area contributed by atoms with Crippen molar-refractivity contribution in [3.63, 3.8) is 0 Å². The number of hydrogen-bond acceptors (Lipinski definition) is 4. The molecule has 1 aliphatic rings. The van der Waals surface area contributed by atoms with Crippen molar-refractivity contribution in [2.45, 2.75) is 19.4 Å². The van der Waals surface area contributed by atoms with Gasteiger partial charge in [-0.05, 0) is 42.7 Å². The van der Waals surface area contributed by atoms with Crippen LogP contribution in [-0.4, -0.2) is 31.6 Å². The van der Waals surface area contributed by atoms with Gasteiger partial charge in [0, 0.05) is 25.5 Å². The summed E-state index contributed by atoms with van der Waals surface area (Å²) >= 11 is 6.14. The molecule has 1 N–H and O–H groups in total. The maximum Gasteiger partial charge on any atom is 0.253 e. The van der Waals surface area contributed by atoms with Crippen LogP contribution >= 0.6 is 11.6 Å². The van der Waals surface area contributed by atoms with E-state index in [1.165, 1.54) is 10.4 Å². The highest BCUT2D eigenvalue weighted by molar-refractivity contribution is 7.92. The summed E-state index contributed by atoms with van der Waals surface area (Å²) in [5.41, 5.74) is 1.58. The van der Waals surface area contributed by atoms with E-state index >= 15 is 0 Å². The third-order valence-electron chi connectivity index (χ3n) is 4.01. The second kappa shape index (κ2) is 7.41. The molecule has 0 atom stereocenters. The summed E-state index contributed by atoms with van der Waals surface area (Å²) in [6, 6.07) is 8.36. The Bertz CT molecular complexity index is 872. The third-order valence-corrected chi connectivity index (χ3v) is 6.21. The van der Waals surface area contributed by atoms with Crippen LogP contribution in [0.2, 0.25) is 5.02 Å². The highest BCUT2D eigenvalue weighted by Crippen LogP contribution is 2.28. The molecular formula is C17H18ClN3O3S. The van der Waals surface area contributed by atoms with E-state index in [9.17, 15) is 13.2 Å². The van der Waals surface area contributed by atoms with Crippen molar-refractivity contribution in [1.29, 1.82) is 0 Å². The van der Waals surface area contributed by atoms with Crippen LogP contribution in [0.1, 0.15) is 28.8 Å². The molecule has 132 valence electrons. The van der Waals surface area contributed by atoms with Gasteiger partial charge in [0.1, 0.15) is 0 Å². The molecule has 1 saturated heterocycles. The van der Waals surface area contributed by atoms with E-state index in [1.807, 2.05) is 6.07 Å². The average Bonchev–Trinajstić information content (AvgIpc) is 2.61. The monoisotopic (exact) mass is 379 g/mol. The van der Waals surface area contributed by atoms with Crippen LogP contribution in [0.4, 0.5) is 5.69 Å². The van der Waals surface area contributed by atoms with Gasteiger partial charge >= 0.3 is 0 Å². The van der Waals surface area contributed by atoms with E-state index in [-0.39, 0.29) is 22.2 Å². The normalized spacial score (nSPS) is 16.4. The molecule has 0 spiro atoms. The molecule has 0 saturated carbocycles. The number of hydrogen-bond donors (Lipinski definition) is 1. The van der Waals surface area contributed by atoms with Gasteiger partial charge in [0.2, 0.25) is 10.0 Å². The molecule has 1 fully saturated rings. The van der Waals surface area contributed by atoms with Crippen LogP contribution in [0.3, 0.4) is 0 Å². The molecule has 2 heterocycles. The number of carbonyl (C=O) groups excluding carboxylic acids is 1. The quantitative estimate of drug-likeness (QED) is 0.885. The molecule has 0 unspecified atom stereocenters. The lowest BCUT2D eigenvalue weighted by Gasteiger charge is -2.28. The standard InChI is InChI=1S/C17H18ClN3O3S/c18-16-6-5-14(21-8-1-2-9-25(21,23)24)10-15(16)17(22)20-12-13-4-3-7-19-11-13/h3-7,10-11H,1-2,8-9,12H2,(H,20,22). The second-order valence-corrected chi connectivity index (χ2v) is 8.22. The van der Waals surface area contributed by atoms with Crippen LogP contribution in [-0.2, 0) is 16.6 Å². The first-order chi connectivity index (χ1) is 12.0. The zero-order chi connectivity index (χ0) is 17.9. The van der Waals surface area contributed by atoms with Gasteiger partial charge in [0.15, 0.2) is 0 Å². The molecule has 1 aromatic heterocycles. The number of nitrogens with one attached hydrogen (secondary N) is 1. The van der Waals surface area contributed by atoms with Gasteiger partial charge in [0.05, 0.1) is 22.0 Å². The van der Waals surface area contributed by atoms with E-state index in [0.717, 1.165) is 12.0 Å². The summed E-state index contributed by atoms with van der Waals surface area (Å²) in [4.78, 5) is 16.4. The largest absolute Gasteiger partial charge is 0.348 e. The van der Waals surface area contributed by atoms with E-state index < -0.39 is 10.0 Å². The first-order valence-electron chi connectivity index (χ1n) is 7.94.